The molecule has 0 bridgehead atoms. The molecule has 0 aromatic carbocycles. The van der Waals surface area contributed by atoms with E-state index in [1.54, 1.807) is 4.68 Å². The highest BCUT2D eigenvalue weighted by molar-refractivity contribution is 5.77. The van der Waals surface area contributed by atoms with Gasteiger partial charge in [0.25, 0.3) is 0 Å². The van der Waals surface area contributed by atoms with Gasteiger partial charge in [0.1, 0.15) is 11.0 Å². The molecule has 2 heterocycles. The quantitative estimate of drug-likeness (QED) is 0.563. The van der Waals surface area contributed by atoms with Crippen molar-refractivity contribution in [3.05, 3.63) is 11.4 Å². The Morgan fingerprint density at radius 2 is 1.67 bits per heavy atom. The fourth-order valence-corrected chi connectivity index (χ4v) is 1.25. The third-order valence-electron chi connectivity index (χ3n) is 1.86. The number of hydrogen-bond acceptors (Lipinski definition) is 4. The van der Waals surface area contributed by atoms with Crippen LogP contribution in [0.2, 0.25) is 0 Å². The van der Waals surface area contributed by atoms with E-state index in [0.29, 0.717) is 0 Å². The molecule has 2 aromatic rings. The number of fused-ring (bicyclic) bond motifs is 1. The summed E-state index contributed by atoms with van der Waals surface area (Å²) in [7, 11) is 1.85. The highest BCUT2D eigenvalue weighted by Gasteiger charge is 2.08. The van der Waals surface area contributed by atoms with Gasteiger partial charge in [0.15, 0.2) is 0 Å². The van der Waals surface area contributed by atoms with Gasteiger partial charge in [0.2, 0.25) is 0 Å². The summed E-state index contributed by atoms with van der Waals surface area (Å²) in [6.45, 7) is 3.78. The van der Waals surface area contributed by atoms with E-state index in [1.165, 1.54) is 0 Å². The van der Waals surface area contributed by atoms with Crippen LogP contribution in [0.5, 0.6) is 0 Å². The van der Waals surface area contributed by atoms with Crippen molar-refractivity contribution in [3.8, 4) is 0 Å². The summed E-state index contributed by atoms with van der Waals surface area (Å²) in [5.74, 6) is 0. The van der Waals surface area contributed by atoms with Crippen molar-refractivity contribution in [2.75, 3.05) is 0 Å². The fraction of sp³-hybridized carbons (Fsp3) is 0.429. The lowest BCUT2D eigenvalue weighted by molar-refractivity contribution is 0.733. The maximum Gasteiger partial charge on any atom is 0.138 e. The van der Waals surface area contributed by atoms with Crippen LogP contribution in [0.3, 0.4) is 0 Å². The van der Waals surface area contributed by atoms with Crippen LogP contribution in [-0.2, 0) is 7.05 Å². The zero-order valence-electron chi connectivity index (χ0n) is 7.24. The van der Waals surface area contributed by atoms with Gasteiger partial charge in [-0.05, 0) is 13.8 Å². The van der Waals surface area contributed by atoms with Crippen molar-refractivity contribution in [1.29, 1.82) is 0 Å². The largest absolute Gasteiger partial charge is 0.246 e. The Hall–Kier alpha value is -1.52. The summed E-state index contributed by atoms with van der Waals surface area (Å²) in [4.78, 5) is 0. The first kappa shape index (κ1) is 7.15. The van der Waals surface area contributed by atoms with E-state index in [1.807, 2.05) is 20.9 Å². The van der Waals surface area contributed by atoms with Crippen LogP contribution in [0.1, 0.15) is 11.4 Å². The van der Waals surface area contributed by atoms with Crippen molar-refractivity contribution in [2.45, 2.75) is 13.8 Å². The van der Waals surface area contributed by atoms with Crippen LogP contribution in [0, 0.1) is 13.8 Å². The topological polar surface area (TPSA) is 56.5 Å². The normalized spacial score (nSPS) is 10.9. The molecular weight excluding hydrogens is 154 g/mol. The van der Waals surface area contributed by atoms with E-state index >= 15 is 0 Å². The van der Waals surface area contributed by atoms with Gasteiger partial charge in [0, 0.05) is 7.05 Å². The van der Waals surface area contributed by atoms with Gasteiger partial charge in [0.05, 0.1) is 11.4 Å². The van der Waals surface area contributed by atoms with E-state index < -0.39 is 0 Å². The van der Waals surface area contributed by atoms with Crippen molar-refractivity contribution in [1.82, 2.24) is 25.2 Å². The van der Waals surface area contributed by atoms with Crippen LogP contribution in [0.4, 0.5) is 0 Å². The van der Waals surface area contributed by atoms with Gasteiger partial charge in [-0.25, -0.2) is 4.68 Å². The lowest BCUT2D eigenvalue weighted by Gasteiger charge is -1.96. The molecule has 0 aliphatic rings. The molecule has 0 amide bonds. The van der Waals surface area contributed by atoms with Gasteiger partial charge in [-0.2, -0.15) is 10.2 Å². The van der Waals surface area contributed by atoms with Crippen LogP contribution < -0.4 is 0 Å². The summed E-state index contributed by atoms with van der Waals surface area (Å²) < 4.78 is 1.71. The summed E-state index contributed by atoms with van der Waals surface area (Å²) in [6.07, 6.45) is 0. The average molecular weight is 163 g/mol. The van der Waals surface area contributed by atoms with Crippen LogP contribution in [0.25, 0.3) is 11.0 Å². The fourth-order valence-electron chi connectivity index (χ4n) is 1.25. The third kappa shape index (κ3) is 0.792. The smallest absolute Gasteiger partial charge is 0.138 e. The lowest BCUT2D eigenvalue weighted by Crippen LogP contribution is -1.96. The molecule has 0 spiro atoms. The van der Waals surface area contributed by atoms with Gasteiger partial charge >= 0.3 is 0 Å². The summed E-state index contributed by atoms with van der Waals surface area (Å²) >= 11 is 0. The predicted octanol–water partition coefficient (Wildman–Crippen LogP) is 0.375. The molecule has 0 fully saturated rings. The van der Waals surface area contributed by atoms with E-state index in [0.717, 1.165) is 22.4 Å². The van der Waals surface area contributed by atoms with Crippen molar-refractivity contribution in [3.63, 3.8) is 0 Å². The van der Waals surface area contributed by atoms with Crippen molar-refractivity contribution in [2.24, 2.45) is 7.05 Å². The second-order valence-corrected chi connectivity index (χ2v) is 2.78. The molecule has 0 saturated carbocycles. The first-order chi connectivity index (χ1) is 5.70. The molecule has 0 saturated heterocycles. The molecule has 0 aliphatic carbocycles. The van der Waals surface area contributed by atoms with Crippen LogP contribution >= 0.6 is 0 Å². The predicted molar refractivity (Wildman–Crippen MR) is 43.6 cm³/mol. The number of aromatic nitrogens is 5. The summed E-state index contributed by atoms with van der Waals surface area (Å²) in [5.41, 5.74) is 3.49. The van der Waals surface area contributed by atoms with Gasteiger partial charge in [-0.15, -0.1) is 5.10 Å². The molecule has 0 atom stereocenters. The SMILES string of the molecule is Cc1nnc(C)c2c1nnn2C. The number of hydrogen-bond donors (Lipinski definition) is 0. The van der Waals surface area contributed by atoms with Crippen molar-refractivity contribution >= 4 is 11.0 Å². The molecule has 5 nitrogen and oxygen atoms in total. The maximum absolute atomic E-state index is 3.99. The Kier molecular flexibility index (Phi) is 1.33. The summed E-state index contributed by atoms with van der Waals surface area (Å²) in [5, 5.41) is 15.8. The van der Waals surface area contributed by atoms with Gasteiger partial charge in [-0.3, -0.25) is 0 Å². The Morgan fingerprint density at radius 3 is 2.33 bits per heavy atom. The minimum absolute atomic E-state index is 0.823. The van der Waals surface area contributed by atoms with Gasteiger partial charge < -0.3 is 0 Å². The van der Waals surface area contributed by atoms with E-state index in [9.17, 15) is 0 Å². The first-order valence-electron chi connectivity index (χ1n) is 3.69. The van der Waals surface area contributed by atoms with E-state index in [-0.39, 0.29) is 0 Å². The molecule has 62 valence electrons. The van der Waals surface area contributed by atoms with Crippen LogP contribution in [-0.4, -0.2) is 25.2 Å². The summed E-state index contributed by atoms with van der Waals surface area (Å²) in [6, 6.07) is 0. The molecule has 0 unspecified atom stereocenters. The third-order valence-corrected chi connectivity index (χ3v) is 1.86. The number of rotatable bonds is 0. The zero-order valence-corrected chi connectivity index (χ0v) is 7.24. The van der Waals surface area contributed by atoms with E-state index in [4.69, 9.17) is 0 Å². The molecule has 2 rings (SSSR count). The minimum atomic E-state index is 0.823. The Balaban J connectivity index is 2.98. The molecule has 12 heavy (non-hydrogen) atoms. The molecule has 0 radical (unpaired) electrons. The first-order valence-corrected chi connectivity index (χ1v) is 3.69. The lowest BCUT2D eigenvalue weighted by atomic mass is 10.3. The highest BCUT2D eigenvalue weighted by atomic mass is 15.4. The Bertz CT molecular complexity index is 431. The molecule has 0 N–H and O–H groups in total. The second kappa shape index (κ2) is 2.23. The standard InChI is InChI=1S/C7H9N5/c1-4-6-7(5(2)9-8-4)12(3)11-10-6/h1-3H3. The molecule has 5 heteroatoms. The van der Waals surface area contributed by atoms with Gasteiger partial charge in [-0.1, -0.05) is 5.21 Å². The van der Waals surface area contributed by atoms with Crippen molar-refractivity contribution < 1.29 is 0 Å². The zero-order chi connectivity index (χ0) is 8.72. The monoisotopic (exact) mass is 163 g/mol. The van der Waals surface area contributed by atoms with Crippen LogP contribution in [0.15, 0.2) is 0 Å². The maximum atomic E-state index is 3.99. The number of aryl methyl sites for hydroxylation is 3. The molecule has 0 aliphatic heterocycles. The van der Waals surface area contributed by atoms with E-state index in [2.05, 4.69) is 20.5 Å². The second-order valence-electron chi connectivity index (χ2n) is 2.78. The molecule has 2 aromatic heterocycles. The Labute approximate surface area is 69.4 Å². The highest BCUT2D eigenvalue weighted by Crippen LogP contribution is 2.13. The molecular formula is C7H9N5. The average Bonchev–Trinajstić information content (AvgIpc) is 2.42. The Morgan fingerprint density at radius 1 is 1.00 bits per heavy atom. The number of nitrogens with zero attached hydrogens (tertiary/aromatic N) is 5. The minimum Gasteiger partial charge on any atom is -0.246 e.